The van der Waals surface area contributed by atoms with Gasteiger partial charge in [0, 0.05) is 23.9 Å². The minimum Gasteiger partial charge on any atom is -0.365 e. The highest BCUT2D eigenvalue weighted by Crippen LogP contribution is 2.28. The minimum atomic E-state index is -0.0291. The Kier molecular flexibility index (Phi) is 6.22. The predicted molar refractivity (Wildman–Crippen MR) is 107 cm³/mol. The van der Waals surface area contributed by atoms with E-state index in [2.05, 4.69) is 27.4 Å². The third-order valence-electron chi connectivity index (χ3n) is 3.74. The molecule has 1 aromatic heterocycles. The molecule has 0 spiro atoms. The van der Waals surface area contributed by atoms with Crippen LogP contribution in [0.3, 0.4) is 0 Å². The number of rotatable bonds is 8. The van der Waals surface area contributed by atoms with Gasteiger partial charge in [-0.25, -0.2) is 0 Å². The number of carbonyl (C=O) groups excluding carboxylic acids is 1. The molecule has 0 atom stereocenters. The van der Waals surface area contributed by atoms with E-state index in [-0.39, 0.29) is 5.91 Å². The summed E-state index contributed by atoms with van der Waals surface area (Å²) >= 11 is 1.39. The van der Waals surface area contributed by atoms with E-state index in [1.807, 2.05) is 54.6 Å². The number of nitrogens with zero attached hydrogens (tertiary/aromatic N) is 2. The second-order valence-corrected chi connectivity index (χ2v) is 6.58. The molecule has 26 heavy (non-hydrogen) atoms. The summed E-state index contributed by atoms with van der Waals surface area (Å²) in [5.41, 5.74) is 1.08. The lowest BCUT2D eigenvalue weighted by atomic mass is 10.2. The van der Waals surface area contributed by atoms with Gasteiger partial charge in [-0.2, -0.15) is 0 Å². The summed E-state index contributed by atoms with van der Waals surface area (Å²) < 4.78 is 0. The molecule has 0 aliphatic rings. The average Bonchev–Trinajstić information content (AvgIpc) is 2.70. The first-order chi connectivity index (χ1) is 12.8. The molecule has 0 aliphatic heterocycles. The molecule has 2 aromatic carbocycles. The summed E-state index contributed by atoms with van der Waals surface area (Å²) in [5, 5.41) is 17.4. The first kappa shape index (κ1) is 17.9. The van der Waals surface area contributed by atoms with Crippen molar-refractivity contribution in [3.63, 3.8) is 0 Å². The van der Waals surface area contributed by atoms with Gasteiger partial charge in [-0.05, 0) is 5.56 Å². The van der Waals surface area contributed by atoms with Crippen LogP contribution in [0.4, 0.5) is 5.82 Å². The van der Waals surface area contributed by atoms with Crippen LogP contribution in [0.15, 0.2) is 72.3 Å². The summed E-state index contributed by atoms with van der Waals surface area (Å²) in [6.45, 7) is 4.85. The Morgan fingerprint density at radius 3 is 2.54 bits per heavy atom. The third-order valence-corrected chi connectivity index (χ3v) is 4.72. The number of thioether (sulfide) groups is 1. The van der Waals surface area contributed by atoms with Gasteiger partial charge in [-0.1, -0.05) is 72.4 Å². The summed E-state index contributed by atoms with van der Waals surface area (Å²) in [6, 6.07) is 17.8. The molecule has 0 saturated carbocycles. The van der Waals surface area contributed by atoms with Gasteiger partial charge in [0.1, 0.15) is 5.03 Å². The highest BCUT2D eigenvalue weighted by atomic mass is 32.2. The predicted octanol–water partition coefficient (Wildman–Crippen LogP) is 3.64. The lowest BCUT2D eigenvalue weighted by Crippen LogP contribution is -2.24. The van der Waals surface area contributed by atoms with Gasteiger partial charge >= 0.3 is 0 Å². The molecule has 1 amide bonds. The lowest BCUT2D eigenvalue weighted by Gasteiger charge is -2.10. The van der Waals surface area contributed by atoms with Gasteiger partial charge < -0.3 is 10.6 Å². The van der Waals surface area contributed by atoms with Gasteiger partial charge in [0.05, 0.1) is 5.75 Å². The number of hydrogen-bond acceptors (Lipinski definition) is 5. The van der Waals surface area contributed by atoms with Crippen molar-refractivity contribution < 1.29 is 4.79 Å². The van der Waals surface area contributed by atoms with Crippen molar-refractivity contribution in [1.29, 1.82) is 0 Å². The maximum atomic E-state index is 12.1. The standard InChI is InChI=1S/C20H20N4OS/c1-2-12-21-19-16-10-6-7-11-17(16)20(24-23-19)26-14-18(25)22-13-15-8-4-3-5-9-15/h2-11H,1,12-14H2,(H,21,23)(H,22,25). The second-order valence-electron chi connectivity index (χ2n) is 5.62. The van der Waals surface area contributed by atoms with E-state index < -0.39 is 0 Å². The first-order valence-corrected chi connectivity index (χ1v) is 9.30. The lowest BCUT2D eigenvalue weighted by molar-refractivity contribution is -0.118. The van der Waals surface area contributed by atoms with E-state index in [1.165, 1.54) is 11.8 Å². The van der Waals surface area contributed by atoms with Crippen molar-refractivity contribution in [2.75, 3.05) is 17.6 Å². The van der Waals surface area contributed by atoms with E-state index in [4.69, 9.17) is 0 Å². The zero-order valence-corrected chi connectivity index (χ0v) is 15.1. The Balaban J connectivity index is 1.65. The molecular formula is C20H20N4OS. The van der Waals surface area contributed by atoms with Gasteiger partial charge in [0.15, 0.2) is 5.82 Å². The Morgan fingerprint density at radius 1 is 1.04 bits per heavy atom. The van der Waals surface area contributed by atoms with Crippen LogP contribution in [0.25, 0.3) is 10.8 Å². The number of hydrogen-bond donors (Lipinski definition) is 2. The molecule has 0 aliphatic carbocycles. The Morgan fingerprint density at radius 2 is 1.77 bits per heavy atom. The fourth-order valence-electron chi connectivity index (χ4n) is 2.47. The normalized spacial score (nSPS) is 10.5. The van der Waals surface area contributed by atoms with E-state index in [1.54, 1.807) is 6.08 Å². The molecule has 0 fully saturated rings. The Labute approximate surface area is 156 Å². The van der Waals surface area contributed by atoms with Crippen molar-refractivity contribution >= 4 is 34.3 Å². The van der Waals surface area contributed by atoms with Gasteiger partial charge in [-0.3, -0.25) is 4.79 Å². The Hall–Kier alpha value is -2.86. The molecular weight excluding hydrogens is 344 g/mol. The molecule has 5 nitrogen and oxygen atoms in total. The fourth-order valence-corrected chi connectivity index (χ4v) is 3.27. The van der Waals surface area contributed by atoms with E-state index in [9.17, 15) is 4.79 Å². The number of fused-ring (bicyclic) bond motifs is 1. The topological polar surface area (TPSA) is 66.9 Å². The van der Waals surface area contributed by atoms with E-state index in [0.29, 0.717) is 18.8 Å². The molecule has 0 bridgehead atoms. The van der Waals surface area contributed by atoms with Crippen LogP contribution in [0.5, 0.6) is 0 Å². The van der Waals surface area contributed by atoms with Crippen LogP contribution in [0.1, 0.15) is 5.56 Å². The van der Waals surface area contributed by atoms with Crippen molar-refractivity contribution in [2.45, 2.75) is 11.6 Å². The van der Waals surface area contributed by atoms with Crippen molar-refractivity contribution in [2.24, 2.45) is 0 Å². The number of carbonyl (C=O) groups is 1. The van der Waals surface area contributed by atoms with Gasteiger partial charge in [0.25, 0.3) is 0 Å². The van der Waals surface area contributed by atoms with Crippen LogP contribution < -0.4 is 10.6 Å². The largest absolute Gasteiger partial charge is 0.365 e. The molecule has 3 rings (SSSR count). The van der Waals surface area contributed by atoms with Crippen molar-refractivity contribution in [3.05, 3.63) is 72.8 Å². The van der Waals surface area contributed by atoms with E-state index in [0.717, 1.165) is 27.2 Å². The summed E-state index contributed by atoms with van der Waals surface area (Å²) in [4.78, 5) is 12.1. The quantitative estimate of drug-likeness (QED) is 0.472. The van der Waals surface area contributed by atoms with Crippen LogP contribution in [0, 0.1) is 0 Å². The van der Waals surface area contributed by atoms with Crippen LogP contribution in [-0.4, -0.2) is 28.4 Å². The Bertz CT molecular complexity index is 899. The minimum absolute atomic E-state index is 0.0291. The highest BCUT2D eigenvalue weighted by Gasteiger charge is 2.11. The number of aromatic nitrogens is 2. The van der Waals surface area contributed by atoms with Gasteiger partial charge in [-0.15, -0.1) is 16.8 Å². The summed E-state index contributed by atoms with van der Waals surface area (Å²) in [7, 11) is 0. The van der Waals surface area contributed by atoms with Crippen molar-refractivity contribution in [3.8, 4) is 0 Å². The molecule has 6 heteroatoms. The number of nitrogens with one attached hydrogen (secondary N) is 2. The molecule has 2 N–H and O–H groups in total. The zero-order chi connectivity index (χ0) is 18.2. The van der Waals surface area contributed by atoms with E-state index >= 15 is 0 Å². The summed E-state index contributed by atoms with van der Waals surface area (Å²) in [6.07, 6.45) is 1.77. The van der Waals surface area contributed by atoms with Crippen LogP contribution >= 0.6 is 11.8 Å². The average molecular weight is 364 g/mol. The molecule has 3 aromatic rings. The van der Waals surface area contributed by atoms with Gasteiger partial charge in [0.2, 0.25) is 5.91 Å². The number of anilines is 1. The smallest absolute Gasteiger partial charge is 0.230 e. The van der Waals surface area contributed by atoms with Crippen LogP contribution in [-0.2, 0) is 11.3 Å². The molecule has 0 saturated heterocycles. The monoisotopic (exact) mass is 364 g/mol. The summed E-state index contributed by atoms with van der Waals surface area (Å²) in [5.74, 6) is 0.988. The molecule has 0 unspecified atom stereocenters. The third kappa shape index (κ3) is 4.61. The van der Waals surface area contributed by atoms with Crippen LogP contribution in [0.2, 0.25) is 0 Å². The number of benzene rings is 2. The fraction of sp³-hybridized carbons (Fsp3) is 0.150. The maximum absolute atomic E-state index is 12.1. The SMILES string of the molecule is C=CCNc1nnc(SCC(=O)NCc2ccccc2)c2ccccc12. The molecule has 132 valence electrons. The first-order valence-electron chi connectivity index (χ1n) is 8.31. The zero-order valence-electron chi connectivity index (χ0n) is 14.3. The molecule has 1 heterocycles. The second kappa shape index (κ2) is 9.01. The highest BCUT2D eigenvalue weighted by molar-refractivity contribution is 8.00. The number of amides is 1. The molecule has 0 radical (unpaired) electrons. The van der Waals surface area contributed by atoms with Crippen molar-refractivity contribution in [1.82, 2.24) is 15.5 Å². The maximum Gasteiger partial charge on any atom is 0.230 e.